The van der Waals surface area contributed by atoms with Gasteiger partial charge in [-0.15, -0.1) is 0 Å². The molecule has 0 bridgehead atoms. The van der Waals surface area contributed by atoms with Crippen LogP contribution < -0.4 is 5.32 Å². The number of hydrogen-bond acceptors (Lipinski definition) is 3. The van der Waals surface area contributed by atoms with Gasteiger partial charge in [-0.3, -0.25) is 10.1 Å². The zero-order chi connectivity index (χ0) is 10.4. The Morgan fingerprint density at radius 3 is 2.71 bits per heavy atom. The van der Waals surface area contributed by atoms with Gasteiger partial charge in [-0.05, 0) is 19.3 Å². The SMILES string of the molecule is CCC(C#N)NCC(=O)N1CCCC1. The molecule has 0 aromatic carbocycles. The number of carbonyl (C=O) groups excluding carboxylic acids is 1. The molecule has 4 heteroatoms. The fourth-order valence-electron chi connectivity index (χ4n) is 1.57. The molecule has 1 aliphatic rings. The van der Waals surface area contributed by atoms with E-state index in [4.69, 9.17) is 5.26 Å². The van der Waals surface area contributed by atoms with E-state index in [0.717, 1.165) is 32.4 Å². The first-order valence-corrected chi connectivity index (χ1v) is 5.18. The first-order valence-electron chi connectivity index (χ1n) is 5.18. The number of nitriles is 1. The van der Waals surface area contributed by atoms with Gasteiger partial charge in [0.05, 0.1) is 18.7 Å². The Bertz CT molecular complexity index is 228. The summed E-state index contributed by atoms with van der Waals surface area (Å²) in [7, 11) is 0. The Morgan fingerprint density at radius 1 is 1.57 bits per heavy atom. The first-order chi connectivity index (χ1) is 6.77. The predicted octanol–water partition coefficient (Wildman–Crippen LogP) is 0.501. The average Bonchev–Trinajstić information content (AvgIpc) is 2.72. The van der Waals surface area contributed by atoms with Crippen LogP contribution in [0.25, 0.3) is 0 Å². The highest BCUT2D eigenvalue weighted by Crippen LogP contribution is 2.06. The van der Waals surface area contributed by atoms with Crippen molar-refractivity contribution in [2.45, 2.75) is 32.2 Å². The zero-order valence-electron chi connectivity index (χ0n) is 8.62. The lowest BCUT2D eigenvalue weighted by atomic mass is 10.2. The van der Waals surface area contributed by atoms with Crippen molar-refractivity contribution < 1.29 is 4.79 Å². The third kappa shape index (κ3) is 3.00. The summed E-state index contributed by atoms with van der Waals surface area (Å²) >= 11 is 0. The second-order valence-corrected chi connectivity index (χ2v) is 3.56. The summed E-state index contributed by atoms with van der Waals surface area (Å²) in [4.78, 5) is 13.4. The number of rotatable bonds is 4. The molecule has 1 aliphatic heterocycles. The van der Waals surface area contributed by atoms with Gasteiger partial charge in [0.1, 0.15) is 0 Å². The second kappa shape index (κ2) is 5.61. The van der Waals surface area contributed by atoms with Crippen molar-refractivity contribution in [2.75, 3.05) is 19.6 Å². The van der Waals surface area contributed by atoms with E-state index in [2.05, 4.69) is 11.4 Å². The third-order valence-electron chi connectivity index (χ3n) is 2.52. The van der Waals surface area contributed by atoms with Gasteiger partial charge in [-0.25, -0.2) is 0 Å². The van der Waals surface area contributed by atoms with Crippen LogP contribution in [0.5, 0.6) is 0 Å². The number of nitrogens with zero attached hydrogens (tertiary/aromatic N) is 2. The van der Waals surface area contributed by atoms with E-state index in [1.54, 1.807) is 0 Å². The molecule has 1 amide bonds. The maximum Gasteiger partial charge on any atom is 0.236 e. The molecular formula is C10H17N3O. The third-order valence-corrected chi connectivity index (χ3v) is 2.52. The molecule has 0 saturated carbocycles. The van der Waals surface area contributed by atoms with Crippen LogP contribution in [0.2, 0.25) is 0 Å². The van der Waals surface area contributed by atoms with Gasteiger partial charge in [-0.2, -0.15) is 5.26 Å². The minimum atomic E-state index is -0.193. The monoisotopic (exact) mass is 195 g/mol. The summed E-state index contributed by atoms with van der Waals surface area (Å²) in [6, 6.07) is 1.92. The largest absolute Gasteiger partial charge is 0.342 e. The number of nitrogens with one attached hydrogen (secondary N) is 1. The lowest BCUT2D eigenvalue weighted by molar-refractivity contribution is -0.129. The normalized spacial score (nSPS) is 17.9. The van der Waals surface area contributed by atoms with Crippen molar-refractivity contribution in [1.29, 1.82) is 5.26 Å². The summed E-state index contributed by atoms with van der Waals surface area (Å²) in [5.74, 6) is 0.121. The molecule has 0 aromatic heterocycles. The zero-order valence-corrected chi connectivity index (χ0v) is 8.62. The molecule has 1 fully saturated rings. The van der Waals surface area contributed by atoms with Gasteiger partial charge >= 0.3 is 0 Å². The van der Waals surface area contributed by atoms with Crippen LogP contribution in [0.3, 0.4) is 0 Å². The van der Waals surface area contributed by atoms with E-state index in [1.807, 2.05) is 11.8 Å². The van der Waals surface area contributed by atoms with Crippen molar-refractivity contribution in [1.82, 2.24) is 10.2 Å². The van der Waals surface area contributed by atoms with Crippen LogP contribution in [-0.4, -0.2) is 36.5 Å². The van der Waals surface area contributed by atoms with Crippen molar-refractivity contribution in [3.05, 3.63) is 0 Å². The minimum absolute atomic E-state index is 0.121. The van der Waals surface area contributed by atoms with Gasteiger partial charge in [0.2, 0.25) is 5.91 Å². The molecule has 1 rings (SSSR count). The number of likely N-dealkylation sites (tertiary alicyclic amines) is 1. The molecule has 0 aromatic rings. The van der Waals surface area contributed by atoms with Crippen LogP contribution in [0.1, 0.15) is 26.2 Å². The molecule has 0 radical (unpaired) electrons. The fourth-order valence-corrected chi connectivity index (χ4v) is 1.57. The van der Waals surface area contributed by atoms with Crippen LogP contribution >= 0.6 is 0 Å². The summed E-state index contributed by atoms with van der Waals surface area (Å²) < 4.78 is 0. The lowest BCUT2D eigenvalue weighted by Gasteiger charge is -2.16. The van der Waals surface area contributed by atoms with E-state index in [0.29, 0.717) is 6.54 Å². The smallest absolute Gasteiger partial charge is 0.236 e. The second-order valence-electron chi connectivity index (χ2n) is 3.56. The van der Waals surface area contributed by atoms with Crippen LogP contribution in [-0.2, 0) is 4.79 Å². The van der Waals surface area contributed by atoms with Crippen molar-refractivity contribution in [3.8, 4) is 6.07 Å². The van der Waals surface area contributed by atoms with Crippen molar-refractivity contribution in [2.24, 2.45) is 0 Å². The lowest BCUT2D eigenvalue weighted by Crippen LogP contribution is -2.39. The number of amides is 1. The van der Waals surface area contributed by atoms with Crippen LogP contribution in [0, 0.1) is 11.3 Å². The topological polar surface area (TPSA) is 56.1 Å². The molecule has 14 heavy (non-hydrogen) atoms. The maximum absolute atomic E-state index is 11.5. The highest BCUT2D eigenvalue weighted by molar-refractivity contribution is 5.78. The predicted molar refractivity (Wildman–Crippen MR) is 53.5 cm³/mol. The Kier molecular flexibility index (Phi) is 4.41. The summed E-state index contributed by atoms with van der Waals surface area (Å²) in [6.45, 7) is 3.99. The maximum atomic E-state index is 11.5. The highest BCUT2D eigenvalue weighted by Gasteiger charge is 2.18. The molecule has 1 saturated heterocycles. The summed E-state index contributed by atoms with van der Waals surface area (Å²) in [5.41, 5.74) is 0. The van der Waals surface area contributed by atoms with E-state index in [-0.39, 0.29) is 11.9 Å². The van der Waals surface area contributed by atoms with E-state index < -0.39 is 0 Å². The first kappa shape index (κ1) is 11.0. The van der Waals surface area contributed by atoms with E-state index in [1.165, 1.54) is 0 Å². The fraction of sp³-hybridized carbons (Fsp3) is 0.800. The van der Waals surface area contributed by atoms with Gasteiger partial charge in [0.25, 0.3) is 0 Å². The molecule has 1 heterocycles. The van der Waals surface area contributed by atoms with Gasteiger partial charge in [0.15, 0.2) is 0 Å². The Labute approximate surface area is 84.9 Å². The molecular weight excluding hydrogens is 178 g/mol. The van der Waals surface area contributed by atoms with Gasteiger partial charge in [-0.1, -0.05) is 6.92 Å². The quantitative estimate of drug-likeness (QED) is 0.710. The highest BCUT2D eigenvalue weighted by atomic mass is 16.2. The van der Waals surface area contributed by atoms with Crippen LogP contribution in [0.15, 0.2) is 0 Å². The van der Waals surface area contributed by atoms with Gasteiger partial charge in [0, 0.05) is 13.1 Å². The Balaban J connectivity index is 2.23. The number of carbonyl (C=O) groups is 1. The molecule has 0 spiro atoms. The van der Waals surface area contributed by atoms with Crippen LogP contribution in [0.4, 0.5) is 0 Å². The molecule has 78 valence electrons. The average molecular weight is 195 g/mol. The molecule has 1 unspecified atom stereocenters. The van der Waals surface area contributed by atoms with Crippen molar-refractivity contribution >= 4 is 5.91 Å². The Morgan fingerprint density at radius 2 is 2.21 bits per heavy atom. The van der Waals surface area contributed by atoms with Gasteiger partial charge < -0.3 is 4.90 Å². The Hall–Kier alpha value is -1.08. The molecule has 1 atom stereocenters. The molecule has 0 aliphatic carbocycles. The standard InChI is InChI=1S/C10H17N3O/c1-2-9(7-11)12-8-10(14)13-5-3-4-6-13/h9,12H,2-6,8H2,1H3. The molecule has 4 nitrogen and oxygen atoms in total. The van der Waals surface area contributed by atoms with E-state index >= 15 is 0 Å². The summed E-state index contributed by atoms with van der Waals surface area (Å²) in [5, 5.41) is 11.6. The summed E-state index contributed by atoms with van der Waals surface area (Å²) in [6.07, 6.45) is 2.96. The minimum Gasteiger partial charge on any atom is -0.342 e. The molecule has 1 N–H and O–H groups in total. The van der Waals surface area contributed by atoms with E-state index in [9.17, 15) is 4.79 Å². The number of hydrogen-bond donors (Lipinski definition) is 1. The van der Waals surface area contributed by atoms with Crippen molar-refractivity contribution in [3.63, 3.8) is 0 Å².